The predicted molar refractivity (Wildman–Crippen MR) is 84.3 cm³/mol. The summed E-state index contributed by atoms with van der Waals surface area (Å²) in [7, 11) is 1.79. The minimum absolute atomic E-state index is 0.0389. The SMILES string of the molecule is Cc1cn2c(C(=O)N(C)CC3(CO)CCOCC3)csc2n1. The van der Waals surface area contributed by atoms with Gasteiger partial charge in [-0.2, -0.15) is 0 Å². The van der Waals surface area contributed by atoms with Crippen LogP contribution < -0.4 is 0 Å². The molecule has 2 aromatic rings. The van der Waals surface area contributed by atoms with Crippen molar-refractivity contribution in [3.8, 4) is 0 Å². The first-order valence-electron chi connectivity index (χ1n) is 7.42. The lowest BCUT2D eigenvalue weighted by molar-refractivity contribution is -0.0283. The van der Waals surface area contributed by atoms with Crippen molar-refractivity contribution >= 4 is 22.2 Å². The molecule has 1 aliphatic heterocycles. The van der Waals surface area contributed by atoms with E-state index in [-0.39, 0.29) is 17.9 Å². The van der Waals surface area contributed by atoms with Crippen molar-refractivity contribution in [2.75, 3.05) is 33.4 Å². The Bertz CT molecular complexity index is 673. The number of thiazole rings is 1. The average Bonchev–Trinajstić information content (AvgIpc) is 3.06. The Labute approximate surface area is 133 Å². The number of hydrogen-bond donors (Lipinski definition) is 1. The summed E-state index contributed by atoms with van der Waals surface area (Å²) in [5, 5.41) is 11.6. The molecule has 1 amide bonds. The summed E-state index contributed by atoms with van der Waals surface area (Å²) in [6.45, 7) is 3.83. The molecule has 7 heteroatoms. The van der Waals surface area contributed by atoms with Crippen LogP contribution in [0.15, 0.2) is 11.6 Å². The average molecular weight is 323 g/mol. The third-order valence-corrected chi connectivity index (χ3v) is 5.20. The summed E-state index contributed by atoms with van der Waals surface area (Å²) < 4.78 is 7.22. The number of ether oxygens (including phenoxy) is 1. The lowest BCUT2D eigenvalue weighted by Crippen LogP contribution is -2.44. The number of aliphatic hydroxyl groups is 1. The highest BCUT2D eigenvalue weighted by atomic mass is 32.1. The first kappa shape index (κ1) is 15.5. The van der Waals surface area contributed by atoms with Crippen LogP contribution in [-0.2, 0) is 4.74 Å². The van der Waals surface area contributed by atoms with Crippen LogP contribution >= 0.6 is 11.3 Å². The molecule has 3 heterocycles. The summed E-state index contributed by atoms with van der Waals surface area (Å²) in [6, 6.07) is 0. The number of aliphatic hydroxyl groups excluding tert-OH is 1. The number of carbonyl (C=O) groups excluding carboxylic acids is 1. The van der Waals surface area contributed by atoms with E-state index in [2.05, 4.69) is 4.98 Å². The van der Waals surface area contributed by atoms with Gasteiger partial charge in [0, 0.05) is 43.8 Å². The molecule has 1 N–H and O–H groups in total. The highest BCUT2D eigenvalue weighted by Gasteiger charge is 2.35. The second-order valence-corrected chi connectivity index (χ2v) is 6.92. The fourth-order valence-electron chi connectivity index (χ4n) is 2.99. The lowest BCUT2D eigenvalue weighted by atomic mass is 9.80. The molecule has 120 valence electrons. The molecule has 22 heavy (non-hydrogen) atoms. The smallest absolute Gasteiger partial charge is 0.271 e. The molecule has 3 rings (SSSR count). The Hall–Kier alpha value is -1.44. The third kappa shape index (κ3) is 2.76. The number of amides is 1. The summed E-state index contributed by atoms with van der Waals surface area (Å²) in [4.78, 5) is 19.6. The second-order valence-electron chi connectivity index (χ2n) is 6.09. The zero-order valence-electron chi connectivity index (χ0n) is 12.9. The Morgan fingerprint density at radius 2 is 2.27 bits per heavy atom. The van der Waals surface area contributed by atoms with E-state index in [0.29, 0.717) is 25.5 Å². The van der Waals surface area contributed by atoms with Crippen LogP contribution in [0.3, 0.4) is 0 Å². The van der Waals surface area contributed by atoms with Crippen molar-refractivity contribution in [1.29, 1.82) is 0 Å². The molecule has 0 unspecified atom stereocenters. The fourth-order valence-corrected chi connectivity index (χ4v) is 3.88. The molecule has 1 fully saturated rings. The minimum atomic E-state index is -0.247. The zero-order valence-corrected chi connectivity index (χ0v) is 13.7. The van der Waals surface area contributed by atoms with Crippen molar-refractivity contribution < 1.29 is 14.6 Å². The van der Waals surface area contributed by atoms with Gasteiger partial charge in [0.25, 0.3) is 5.91 Å². The maximum atomic E-state index is 12.7. The predicted octanol–water partition coefficient (Wildman–Crippen LogP) is 1.57. The van der Waals surface area contributed by atoms with Crippen molar-refractivity contribution in [3.05, 3.63) is 23.0 Å². The van der Waals surface area contributed by atoms with E-state index < -0.39 is 0 Å². The molecule has 0 bridgehead atoms. The van der Waals surface area contributed by atoms with Crippen LogP contribution in [0.5, 0.6) is 0 Å². The van der Waals surface area contributed by atoms with Gasteiger partial charge in [0.15, 0.2) is 4.96 Å². The number of hydrogen-bond acceptors (Lipinski definition) is 5. The molecule has 6 nitrogen and oxygen atoms in total. The lowest BCUT2D eigenvalue weighted by Gasteiger charge is -2.38. The van der Waals surface area contributed by atoms with Crippen molar-refractivity contribution in [3.63, 3.8) is 0 Å². The summed E-state index contributed by atoms with van der Waals surface area (Å²) in [6.07, 6.45) is 3.44. The molecule has 0 saturated carbocycles. The van der Waals surface area contributed by atoms with Crippen LogP contribution in [0.1, 0.15) is 29.0 Å². The monoisotopic (exact) mass is 323 g/mol. The Balaban J connectivity index is 1.79. The standard InChI is InChI=1S/C15H21N3O3S/c1-11-7-18-12(8-22-14(18)16-11)13(20)17(2)9-15(10-19)3-5-21-6-4-15/h7-8,19H,3-6,9-10H2,1-2H3. The Morgan fingerprint density at radius 1 is 1.55 bits per heavy atom. The molecule has 0 aliphatic carbocycles. The second kappa shape index (κ2) is 5.98. The van der Waals surface area contributed by atoms with Crippen LogP contribution in [0, 0.1) is 12.3 Å². The first-order valence-corrected chi connectivity index (χ1v) is 8.30. The number of imidazole rings is 1. The fraction of sp³-hybridized carbons (Fsp3) is 0.600. The van der Waals surface area contributed by atoms with Gasteiger partial charge in [-0.05, 0) is 19.8 Å². The summed E-state index contributed by atoms with van der Waals surface area (Å²) in [5.41, 5.74) is 1.28. The normalized spacial score (nSPS) is 17.8. The number of aryl methyl sites for hydroxylation is 1. The first-order chi connectivity index (χ1) is 10.5. The molecule has 1 aliphatic rings. The Kier molecular flexibility index (Phi) is 4.20. The van der Waals surface area contributed by atoms with Gasteiger partial charge in [0.2, 0.25) is 0 Å². The number of carbonyl (C=O) groups is 1. The molecule has 1 saturated heterocycles. The maximum Gasteiger partial charge on any atom is 0.271 e. The van der Waals surface area contributed by atoms with Crippen molar-refractivity contribution in [2.45, 2.75) is 19.8 Å². The van der Waals surface area contributed by atoms with E-state index in [1.54, 1.807) is 11.9 Å². The highest BCUT2D eigenvalue weighted by molar-refractivity contribution is 7.15. The van der Waals surface area contributed by atoms with Gasteiger partial charge in [-0.1, -0.05) is 0 Å². The van der Waals surface area contributed by atoms with Gasteiger partial charge in [0.1, 0.15) is 5.69 Å². The van der Waals surface area contributed by atoms with Gasteiger partial charge in [0.05, 0.1) is 12.3 Å². The summed E-state index contributed by atoms with van der Waals surface area (Å²) in [5.74, 6) is -0.0389. The molecule has 2 aromatic heterocycles. The number of aromatic nitrogens is 2. The van der Waals surface area contributed by atoms with Crippen LogP contribution in [0.25, 0.3) is 4.96 Å². The van der Waals surface area contributed by atoms with Crippen LogP contribution in [0.2, 0.25) is 0 Å². The topological polar surface area (TPSA) is 67.1 Å². The van der Waals surface area contributed by atoms with Gasteiger partial charge >= 0.3 is 0 Å². The van der Waals surface area contributed by atoms with Crippen LogP contribution in [0.4, 0.5) is 0 Å². The van der Waals surface area contributed by atoms with E-state index in [9.17, 15) is 9.90 Å². The van der Waals surface area contributed by atoms with E-state index in [0.717, 1.165) is 23.5 Å². The van der Waals surface area contributed by atoms with Crippen molar-refractivity contribution in [2.24, 2.45) is 5.41 Å². The number of fused-ring (bicyclic) bond motifs is 1. The van der Waals surface area contributed by atoms with E-state index in [4.69, 9.17) is 4.74 Å². The largest absolute Gasteiger partial charge is 0.396 e. The molecular weight excluding hydrogens is 302 g/mol. The quantitative estimate of drug-likeness (QED) is 0.927. The maximum absolute atomic E-state index is 12.7. The minimum Gasteiger partial charge on any atom is -0.396 e. The summed E-state index contributed by atoms with van der Waals surface area (Å²) >= 11 is 1.47. The van der Waals surface area contributed by atoms with Crippen molar-refractivity contribution in [1.82, 2.24) is 14.3 Å². The van der Waals surface area contributed by atoms with Gasteiger partial charge < -0.3 is 14.7 Å². The van der Waals surface area contributed by atoms with E-state index in [1.165, 1.54) is 11.3 Å². The van der Waals surface area contributed by atoms with Gasteiger partial charge in [-0.25, -0.2) is 4.98 Å². The van der Waals surface area contributed by atoms with Crippen LogP contribution in [-0.4, -0.2) is 58.7 Å². The zero-order chi connectivity index (χ0) is 15.7. The van der Waals surface area contributed by atoms with Gasteiger partial charge in [-0.3, -0.25) is 9.20 Å². The Morgan fingerprint density at radius 3 is 2.95 bits per heavy atom. The molecule has 0 aromatic carbocycles. The molecule has 0 atom stereocenters. The third-order valence-electron chi connectivity index (χ3n) is 4.36. The molecule has 0 spiro atoms. The molecular formula is C15H21N3O3S. The molecule has 0 radical (unpaired) electrons. The number of rotatable bonds is 4. The number of nitrogens with zero attached hydrogens (tertiary/aromatic N) is 3. The highest BCUT2D eigenvalue weighted by Crippen LogP contribution is 2.31. The van der Waals surface area contributed by atoms with E-state index in [1.807, 2.05) is 22.9 Å². The van der Waals surface area contributed by atoms with E-state index >= 15 is 0 Å². The van der Waals surface area contributed by atoms with Gasteiger partial charge in [-0.15, -0.1) is 11.3 Å².